The molecule has 3 heteroatoms. The van der Waals surface area contributed by atoms with E-state index in [9.17, 15) is 0 Å². The van der Waals surface area contributed by atoms with Gasteiger partial charge in [0.1, 0.15) is 0 Å². The summed E-state index contributed by atoms with van der Waals surface area (Å²) in [6.07, 6.45) is 2.50. The molecule has 106 valence electrons. The van der Waals surface area contributed by atoms with Crippen molar-refractivity contribution < 1.29 is 4.74 Å². The van der Waals surface area contributed by atoms with Crippen LogP contribution < -0.4 is 5.73 Å². The number of aryl methyl sites for hydroxylation is 1. The standard InChI is InChI=1S/C16H25NOS/c1-4-14(17)16(13-8-6-5-7-11(13)2)19-15-9-10-18-12(15)3/h5-8,12,14-16H,4,9-10,17H2,1-3H3. The fourth-order valence-corrected chi connectivity index (χ4v) is 4.32. The Morgan fingerprint density at radius 2 is 2.16 bits per heavy atom. The molecule has 2 N–H and O–H groups in total. The van der Waals surface area contributed by atoms with Gasteiger partial charge in [-0.3, -0.25) is 0 Å². The van der Waals surface area contributed by atoms with Crippen LogP contribution in [0.25, 0.3) is 0 Å². The van der Waals surface area contributed by atoms with Crippen molar-refractivity contribution in [1.29, 1.82) is 0 Å². The van der Waals surface area contributed by atoms with Gasteiger partial charge in [-0.2, -0.15) is 0 Å². The summed E-state index contributed by atoms with van der Waals surface area (Å²) in [4.78, 5) is 0. The Morgan fingerprint density at radius 3 is 2.74 bits per heavy atom. The van der Waals surface area contributed by atoms with E-state index in [2.05, 4.69) is 45.0 Å². The van der Waals surface area contributed by atoms with Crippen molar-refractivity contribution in [2.75, 3.05) is 6.61 Å². The topological polar surface area (TPSA) is 35.2 Å². The summed E-state index contributed by atoms with van der Waals surface area (Å²) in [5, 5.41) is 0.947. The second-order valence-corrected chi connectivity index (χ2v) is 6.77. The van der Waals surface area contributed by atoms with E-state index in [4.69, 9.17) is 10.5 Å². The molecule has 0 spiro atoms. The highest BCUT2D eigenvalue weighted by atomic mass is 32.2. The molecule has 0 aliphatic carbocycles. The molecule has 4 unspecified atom stereocenters. The molecule has 1 saturated heterocycles. The molecule has 2 nitrogen and oxygen atoms in total. The van der Waals surface area contributed by atoms with Crippen LogP contribution in [-0.2, 0) is 4.74 Å². The first kappa shape index (κ1) is 14.9. The van der Waals surface area contributed by atoms with Crippen molar-refractivity contribution in [3.63, 3.8) is 0 Å². The molecule has 0 saturated carbocycles. The van der Waals surface area contributed by atoms with E-state index < -0.39 is 0 Å². The SMILES string of the molecule is CCC(N)C(SC1CCOC1C)c1ccccc1C. The molecule has 0 aromatic heterocycles. The van der Waals surface area contributed by atoms with Gasteiger partial charge in [0.05, 0.1) is 6.10 Å². The third kappa shape index (κ3) is 3.53. The molecule has 19 heavy (non-hydrogen) atoms. The smallest absolute Gasteiger partial charge is 0.0666 e. The van der Waals surface area contributed by atoms with Crippen molar-refractivity contribution in [2.24, 2.45) is 5.73 Å². The minimum absolute atomic E-state index is 0.207. The lowest BCUT2D eigenvalue weighted by molar-refractivity contribution is 0.127. The van der Waals surface area contributed by atoms with Crippen molar-refractivity contribution >= 4 is 11.8 Å². The van der Waals surface area contributed by atoms with E-state index in [1.165, 1.54) is 11.1 Å². The van der Waals surface area contributed by atoms with Crippen molar-refractivity contribution in [1.82, 2.24) is 0 Å². The quantitative estimate of drug-likeness (QED) is 0.893. The Morgan fingerprint density at radius 1 is 1.42 bits per heavy atom. The summed E-state index contributed by atoms with van der Waals surface area (Å²) in [5.41, 5.74) is 9.11. The summed E-state index contributed by atoms with van der Waals surface area (Å²) < 4.78 is 5.68. The number of hydrogen-bond acceptors (Lipinski definition) is 3. The first-order chi connectivity index (χ1) is 9.13. The molecule has 0 bridgehead atoms. The maximum Gasteiger partial charge on any atom is 0.0666 e. The van der Waals surface area contributed by atoms with E-state index in [1.54, 1.807) is 0 Å². The minimum Gasteiger partial charge on any atom is -0.377 e. The molecule has 1 aromatic carbocycles. The number of ether oxygens (including phenoxy) is 1. The summed E-state index contributed by atoms with van der Waals surface area (Å²) in [6.45, 7) is 7.42. The molecule has 1 aliphatic heterocycles. The fraction of sp³-hybridized carbons (Fsp3) is 0.625. The van der Waals surface area contributed by atoms with E-state index in [0.717, 1.165) is 19.4 Å². The maximum atomic E-state index is 6.38. The minimum atomic E-state index is 0.207. The molecule has 1 heterocycles. The van der Waals surface area contributed by atoms with E-state index in [0.29, 0.717) is 16.6 Å². The van der Waals surface area contributed by atoms with Crippen LogP contribution in [0.1, 0.15) is 43.1 Å². The Hall–Kier alpha value is -0.510. The summed E-state index contributed by atoms with van der Waals surface area (Å²) in [7, 11) is 0. The van der Waals surface area contributed by atoms with Crippen LogP contribution in [0.15, 0.2) is 24.3 Å². The normalized spacial score (nSPS) is 26.3. The maximum absolute atomic E-state index is 6.38. The molecule has 1 aliphatic rings. The zero-order chi connectivity index (χ0) is 13.8. The van der Waals surface area contributed by atoms with E-state index >= 15 is 0 Å². The van der Waals surface area contributed by atoms with Gasteiger partial charge in [-0.15, -0.1) is 11.8 Å². The zero-order valence-electron chi connectivity index (χ0n) is 12.1. The number of benzene rings is 1. The highest BCUT2D eigenvalue weighted by Gasteiger charge is 2.31. The average molecular weight is 279 g/mol. The third-order valence-electron chi connectivity index (χ3n) is 3.98. The Bertz CT molecular complexity index is 409. The van der Waals surface area contributed by atoms with Gasteiger partial charge in [-0.25, -0.2) is 0 Å². The molecule has 4 atom stereocenters. The lowest BCUT2D eigenvalue weighted by Gasteiger charge is -2.28. The van der Waals surface area contributed by atoms with Crippen molar-refractivity contribution in [2.45, 2.75) is 56.3 Å². The van der Waals surface area contributed by atoms with Crippen LogP contribution in [0.4, 0.5) is 0 Å². The first-order valence-electron chi connectivity index (χ1n) is 7.21. The molecule has 2 rings (SSSR count). The number of thioether (sulfide) groups is 1. The lowest BCUT2D eigenvalue weighted by Crippen LogP contribution is -2.29. The third-order valence-corrected chi connectivity index (χ3v) is 5.85. The second-order valence-electron chi connectivity index (χ2n) is 5.39. The van der Waals surface area contributed by atoms with Crippen LogP contribution >= 0.6 is 11.8 Å². The number of rotatable bonds is 5. The van der Waals surface area contributed by atoms with E-state index in [1.807, 2.05) is 11.8 Å². The zero-order valence-corrected chi connectivity index (χ0v) is 13.0. The Labute approximate surface area is 121 Å². The van der Waals surface area contributed by atoms with Crippen LogP contribution in [-0.4, -0.2) is 24.0 Å². The van der Waals surface area contributed by atoms with Gasteiger partial charge in [0, 0.05) is 23.1 Å². The second kappa shape index (κ2) is 6.78. The Kier molecular flexibility index (Phi) is 5.31. The monoisotopic (exact) mass is 279 g/mol. The highest BCUT2D eigenvalue weighted by Crippen LogP contribution is 2.41. The molecule has 1 aromatic rings. The summed E-state index contributed by atoms with van der Waals surface area (Å²) >= 11 is 2.01. The number of hydrogen-bond donors (Lipinski definition) is 1. The van der Waals surface area contributed by atoms with Gasteiger partial charge in [-0.1, -0.05) is 31.2 Å². The van der Waals surface area contributed by atoms with E-state index in [-0.39, 0.29) is 6.04 Å². The Balaban J connectivity index is 2.19. The molecule has 1 fully saturated rings. The van der Waals surface area contributed by atoms with Gasteiger partial charge >= 0.3 is 0 Å². The molecule has 0 amide bonds. The van der Waals surface area contributed by atoms with Gasteiger partial charge in [0.15, 0.2) is 0 Å². The largest absolute Gasteiger partial charge is 0.377 e. The van der Waals surface area contributed by atoms with Gasteiger partial charge in [0.25, 0.3) is 0 Å². The van der Waals surface area contributed by atoms with Crippen LogP contribution in [0.5, 0.6) is 0 Å². The predicted octanol–water partition coefficient (Wildman–Crippen LogP) is 3.68. The van der Waals surface area contributed by atoms with Crippen LogP contribution in [0, 0.1) is 6.92 Å². The van der Waals surface area contributed by atoms with Gasteiger partial charge in [0.2, 0.25) is 0 Å². The summed E-state index contributed by atoms with van der Waals surface area (Å²) in [6, 6.07) is 8.83. The predicted molar refractivity (Wildman–Crippen MR) is 83.6 cm³/mol. The molecule has 0 radical (unpaired) electrons. The highest BCUT2D eigenvalue weighted by molar-refractivity contribution is 8.00. The fourth-order valence-electron chi connectivity index (χ4n) is 2.60. The van der Waals surface area contributed by atoms with Crippen LogP contribution in [0.2, 0.25) is 0 Å². The van der Waals surface area contributed by atoms with Crippen LogP contribution in [0.3, 0.4) is 0 Å². The molecular formula is C16H25NOS. The average Bonchev–Trinajstić information content (AvgIpc) is 2.81. The van der Waals surface area contributed by atoms with Crippen molar-refractivity contribution in [3.8, 4) is 0 Å². The van der Waals surface area contributed by atoms with Gasteiger partial charge < -0.3 is 10.5 Å². The van der Waals surface area contributed by atoms with Gasteiger partial charge in [-0.05, 0) is 37.8 Å². The lowest BCUT2D eigenvalue weighted by atomic mass is 10.00. The number of nitrogens with two attached hydrogens (primary N) is 1. The molecular weight excluding hydrogens is 254 g/mol. The van der Waals surface area contributed by atoms with Crippen molar-refractivity contribution in [3.05, 3.63) is 35.4 Å². The summed E-state index contributed by atoms with van der Waals surface area (Å²) in [5.74, 6) is 0. The first-order valence-corrected chi connectivity index (χ1v) is 8.16.